The average Bonchev–Trinajstić information content (AvgIpc) is 3.02. The quantitative estimate of drug-likeness (QED) is 0.938. The number of thiazole rings is 1. The molecule has 2 aromatic rings. The maximum atomic E-state index is 11.1. The number of hydrogen-bond acceptors (Lipinski definition) is 4. The zero-order valence-electron chi connectivity index (χ0n) is 11.7. The summed E-state index contributed by atoms with van der Waals surface area (Å²) in [6.45, 7) is 1.83. The van der Waals surface area contributed by atoms with E-state index in [1.165, 1.54) is 17.8 Å². The van der Waals surface area contributed by atoms with Crippen LogP contribution in [0.25, 0.3) is 0 Å². The smallest absolute Gasteiger partial charge is 0.335 e. The van der Waals surface area contributed by atoms with Gasteiger partial charge in [-0.05, 0) is 37.1 Å². The molecule has 0 saturated carbocycles. The lowest BCUT2D eigenvalue weighted by Crippen LogP contribution is -2.32. The molecule has 1 aromatic carbocycles. The molecule has 2 heterocycles. The summed E-state index contributed by atoms with van der Waals surface area (Å²) in [5, 5.41) is 12.3. The largest absolute Gasteiger partial charge is 0.478 e. The van der Waals surface area contributed by atoms with Gasteiger partial charge in [-0.1, -0.05) is 18.6 Å². The molecule has 1 fully saturated rings. The summed E-state index contributed by atoms with van der Waals surface area (Å²) in [6.07, 6.45) is 5.42. The van der Waals surface area contributed by atoms with Crippen LogP contribution in [0.3, 0.4) is 0 Å². The third-order valence-electron chi connectivity index (χ3n) is 3.91. The highest BCUT2D eigenvalue weighted by molar-refractivity contribution is 7.09. The van der Waals surface area contributed by atoms with Crippen LogP contribution in [-0.4, -0.2) is 27.5 Å². The minimum absolute atomic E-state index is 0.357. The van der Waals surface area contributed by atoms with Gasteiger partial charge in [0.15, 0.2) is 0 Å². The molecule has 1 aromatic heterocycles. The minimum Gasteiger partial charge on any atom is -0.478 e. The van der Waals surface area contributed by atoms with Crippen LogP contribution >= 0.6 is 11.3 Å². The molecule has 1 N–H and O–H groups in total. The van der Waals surface area contributed by atoms with Gasteiger partial charge in [-0.2, -0.15) is 0 Å². The fourth-order valence-corrected chi connectivity index (χ4v) is 3.70. The first-order valence-electron chi connectivity index (χ1n) is 7.20. The Morgan fingerprint density at radius 1 is 1.43 bits per heavy atom. The number of carboxylic acids is 1. The lowest BCUT2D eigenvalue weighted by Gasteiger charge is -2.34. The summed E-state index contributed by atoms with van der Waals surface area (Å²) in [4.78, 5) is 18.0. The molecule has 0 radical (unpaired) electrons. The van der Waals surface area contributed by atoms with E-state index in [1.807, 2.05) is 23.7 Å². The first-order chi connectivity index (χ1) is 10.2. The molecule has 0 amide bonds. The summed E-state index contributed by atoms with van der Waals surface area (Å²) in [5.74, 6) is -0.869. The summed E-state index contributed by atoms with van der Waals surface area (Å²) in [5.41, 5.74) is 1.41. The third-order valence-corrected chi connectivity index (χ3v) is 4.79. The molecule has 4 nitrogen and oxygen atoms in total. The number of piperidine rings is 1. The number of carbonyl (C=O) groups is 1. The lowest BCUT2D eigenvalue weighted by molar-refractivity contribution is 0.0696. The van der Waals surface area contributed by atoms with Crippen molar-refractivity contribution in [2.45, 2.75) is 31.8 Å². The molecule has 3 rings (SSSR count). The van der Waals surface area contributed by atoms with Gasteiger partial charge in [0.25, 0.3) is 0 Å². The molecule has 1 aliphatic heterocycles. The molecule has 1 saturated heterocycles. The Bertz CT molecular complexity index is 612. The molecule has 0 spiro atoms. The van der Waals surface area contributed by atoms with E-state index in [2.05, 4.69) is 9.88 Å². The molecular weight excluding hydrogens is 284 g/mol. The van der Waals surface area contributed by atoms with Crippen molar-refractivity contribution >= 4 is 17.3 Å². The summed E-state index contributed by atoms with van der Waals surface area (Å²) < 4.78 is 0. The standard InChI is InChI=1S/C16H18N2O2S/c19-16(20)13-5-3-4-12(10-13)11-18-8-2-1-6-14(18)15-17-7-9-21-15/h3-5,7,9-10,14H,1-2,6,8,11H2,(H,19,20). The molecule has 21 heavy (non-hydrogen) atoms. The van der Waals surface area contributed by atoms with Crippen LogP contribution in [0.1, 0.15) is 46.2 Å². The Morgan fingerprint density at radius 2 is 2.33 bits per heavy atom. The van der Waals surface area contributed by atoms with E-state index in [4.69, 9.17) is 5.11 Å². The van der Waals surface area contributed by atoms with Crippen molar-refractivity contribution in [3.63, 3.8) is 0 Å². The van der Waals surface area contributed by atoms with E-state index < -0.39 is 5.97 Å². The first-order valence-corrected chi connectivity index (χ1v) is 8.07. The normalized spacial score (nSPS) is 19.5. The zero-order chi connectivity index (χ0) is 14.7. The van der Waals surface area contributed by atoms with E-state index in [-0.39, 0.29) is 0 Å². The number of benzene rings is 1. The second-order valence-electron chi connectivity index (χ2n) is 5.36. The fourth-order valence-electron chi connectivity index (χ4n) is 2.90. The van der Waals surface area contributed by atoms with Gasteiger partial charge in [0.1, 0.15) is 5.01 Å². The van der Waals surface area contributed by atoms with Crippen LogP contribution in [0.15, 0.2) is 35.8 Å². The monoisotopic (exact) mass is 302 g/mol. The number of nitrogens with zero attached hydrogens (tertiary/aromatic N) is 2. The number of aromatic nitrogens is 1. The van der Waals surface area contributed by atoms with Crippen LogP contribution in [0.2, 0.25) is 0 Å². The lowest BCUT2D eigenvalue weighted by atomic mass is 10.0. The maximum Gasteiger partial charge on any atom is 0.335 e. The molecule has 5 heteroatoms. The molecule has 1 aliphatic rings. The summed E-state index contributed by atoms with van der Waals surface area (Å²) >= 11 is 1.70. The van der Waals surface area contributed by atoms with Crippen molar-refractivity contribution in [3.8, 4) is 0 Å². The Hall–Kier alpha value is -1.72. The van der Waals surface area contributed by atoms with Gasteiger partial charge >= 0.3 is 5.97 Å². The van der Waals surface area contributed by atoms with E-state index in [1.54, 1.807) is 23.5 Å². The van der Waals surface area contributed by atoms with Crippen molar-refractivity contribution in [3.05, 3.63) is 52.0 Å². The summed E-state index contributed by atoms with van der Waals surface area (Å²) in [7, 11) is 0. The van der Waals surface area contributed by atoms with E-state index in [9.17, 15) is 4.79 Å². The number of carboxylic acid groups (broad SMARTS) is 1. The molecule has 0 aliphatic carbocycles. The van der Waals surface area contributed by atoms with Gasteiger partial charge in [-0.15, -0.1) is 11.3 Å². The second-order valence-corrected chi connectivity index (χ2v) is 6.28. The predicted octanol–water partition coefficient (Wildman–Crippen LogP) is 3.57. The van der Waals surface area contributed by atoms with Gasteiger partial charge in [0.05, 0.1) is 11.6 Å². The van der Waals surface area contributed by atoms with Gasteiger partial charge < -0.3 is 5.11 Å². The number of aromatic carboxylic acids is 1. The van der Waals surface area contributed by atoms with Crippen LogP contribution in [0.4, 0.5) is 0 Å². The van der Waals surface area contributed by atoms with Crippen molar-refractivity contribution < 1.29 is 9.90 Å². The predicted molar refractivity (Wildman–Crippen MR) is 82.5 cm³/mol. The van der Waals surface area contributed by atoms with Gasteiger partial charge in [0.2, 0.25) is 0 Å². The van der Waals surface area contributed by atoms with Crippen LogP contribution in [0.5, 0.6) is 0 Å². The molecule has 1 unspecified atom stereocenters. The number of rotatable bonds is 4. The zero-order valence-corrected chi connectivity index (χ0v) is 12.6. The highest BCUT2D eigenvalue weighted by Gasteiger charge is 2.25. The van der Waals surface area contributed by atoms with Crippen molar-refractivity contribution in [1.29, 1.82) is 0 Å². The minimum atomic E-state index is -0.869. The van der Waals surface area contributed by atoms with Crippen molar-refractivity contribution in [2.75, 3.05) is 6.54 Å². The SMILES string of the molecule is O=C(O)c1cccc(CN2CCCCC2c2nccs2)c1. The Balaban J connectivity index is 1.78. The van der Waals surface area contributed by atoms with Gasteiger partial charge in [0, 0.05) is 18.1 Å². The Kier molecular flexibility index (Phi) is 4.31. The van der Waals surface area contributed by atoms with Crippen molar-refractivity contribution in [1.82, 2.24) is 9.88 Å². The second kappa shape index (κ2) is 6.37. The fraction of sp³-hybridized carbons (Fsp3) is 0.375. The van der Waals surface area contributed by atoms with E-state index in [0.717, 1.165) is 25.1 Å². The van der Waals surface area contributed by atoms with Crippen LogP contribution in [-0.2, 0) is 6.54 Å². The third kappa shape index (κ3) is 3.31. The van der Waals surface area contributed by atoms with Crippen LogP contribution in [0, 0.1) is 0 Å². The number of likely N-dealkylation sites (tertiary alicyclic amines) is 1. The van der Waals surface area contributed by atoms with E-state index in [0.29, 0.717) is 11.6 Å². The van der Waals surface area contributed by atoms with Gasteiger partial charge in [-0.25, -0.2) is 9.78 Å². The Labute approximate surface area is 128 Å². The van der Waals surface area contributed by atoms with Crippen molar-refractivity contribution in [2.24, 2.45) is 0 Å². The highest BCUT2D eigenvalue weighted by atomic mass is 32.1. The van der Waals surface area contributed by atoms with E-state index >= 15 is 0 Å². The molecular formula is C16H18N2O2S. The Morgan fingerprint density at radius 3 is 3.10 bits per heavy atom. The van der Waals surface area contributed by atoms with Crippen LogP contribution < -0.4 is 0 Å². The highest BCUT2D eigenvalue weighted by Crippen LogP contribution is 2.33. The maximum absolute atomic E-state index is 11.1. The molecule has 0 bridgehead atoms. The molecule has 110 valence electrons. The number of hydrogen-bond donors (Lipinski definition) is 1. The van der Waals surface area contributed by atoms with Gasteiger partial charge in [-0.3, -0.25) is 4.90 Å². The average molecular weight is 302 g/mol. The summed E-state index contributed by atoms with van der Waals surface area (Å²) in [6, 6.07) is 7.60. The topological polar surface area (TPSA) is 53.4 Å². The first kappa shape index (κ1) is 14.2. The molecule has 1 atom stereocenters.